The average molecular weight is 314 g/mol. The van der Waals surface area contributed by atoms with E-state index >= 15 is 0 Å². The number of sulfone groups is 1. The van der Waals surface area contributed by atoms with Crippen molar-refractivity contribution < 1.29 is 8.42 Å². The van der Waals surface area contributed by atoms with Crippen LogP contribution in [0, 0.1) is 0 Å². The molecule has 0 aliphatic rings. The number of anilines is 1. The first-order valence-corrected chi connectivity index (χ1v) is 8.04. The number of nitrogens with two attached hydrogens (primary N) is 1. The van der Waals surface area contributed by atoms with Gasteiger partial charge < -0.3 is 5.73 Å². The van der Waals surface area contributed by atoms with Gasteiger partial charge in [0.25, 0.3) is 0 Å². The number of hydrogen-bond donors (Lipinski definition) is 1. The van der Waals surface area contributed by atoms with Crippen molar-refractivity contribution in [2.75, 3.05) is 12.8 Å². The van der Waals surface area contributed by atoms with Crippen LogP contribution in [0.2, 0.25) is 0 Å². The Morgan fingerprint density at radius 2 is 1.77 bits per heavy atom. The number of rotatable bonds is 2. The Morgan fingerprint density at radius 3 is 2.45 bits per heavy atom. The Hall–Kier alpha value is -2.67. The second kappa shape index (κ2) is 5.27. The van der Waals surface area contributed by atoms with Gasteiger partial charge in [-0.05, 0) is 24.3 Å². The summed E-state index contributed by atoms with van der Waals surface area (Å²) in [5, 5.41) is 0. The van der Waals surface area contributed by atoms with Crippen molar-refractivity contribution >= 4 is 21.3 Å². The van der Waals surface area contributed by atoms with E-state index in [1.54, 1.807) is 42.6 Å². The smallest absolute Gasteiger partial charge is 0.213 e. The van der Waals surface area contributed by atoms with Crippen LogP contribution in [0.4, 0.5) is 5.82 Å². The summed E-state index contributed by atoms with van der Waals surface area (Å²) in [4.78, 5) is 8.35. The maximum Gasteiger partial charge on any atom is 0.213 e. The predicted octanol–water partition coefficient (Wildman–Crippen LogP) is 1.28. The summed E-state index contributed by atoms with van der Waals surface area (Å²) in [6.45, 7) is 0. The second-order valence-electron chi connectivity index (χ2n) is 4.62. The van der Waals surface area contributed by atoms with Crippen molar-refractivity contribution in [1.29, 1.82) is 0 Å². The lowest BCUT2D eigenvalue weighted by molar-refractivity contribution is 0.594. The maximum atomic E-state index is 12.9. The number of hydrogen-bond acceptors (Lipinski definition) is 5. The van der Waals surface area contributed by atoms with Gasteiger partial charge in [-0.3, -0.25) is 9.39 Å². The minimum Gasteiger partial charge on any atom is -0.384 e. The topological polar surface area (TPSA) is 89.8 Å². The molecule has 0 saturated heterocycles. The third-order valence-corrected chi connectivity index (χ3v) is 5.11. The van der Waals surface area contributed by atoms with E-state index in [0.717, 1.165) is 0 Å². The Morgan fingerprint density at radius 1 is 1.09 bits per heavy atom. The highest BCUT2D eigenvalue weighted by Gasteiger charge is 2.25. The molecule has 22 heavy (non-hydrogen) atoms. The lowest BCUT2D eigenvalue weighted by atomic mass is 10.4. The van der Waals surface area contributed by atoms with E-state index in [2.05, 4.69) is 9.98 Å². The molecule has 3 rings (SSSR count). The van der Waals surface area contributed by atoms with Gasteiger partial charge in [0.05, 0.1) is 4.90 Å². The molecule has 0 fully saturated rings. The van der Waals surface area contributed by atoms with Crippen LogP contribution < -0.4 is 11.2 Å². The molecule has 1 aromatic carbocycles. The number of nitrogens with zero attached hydrogens (tertiary/aromatic N) is 3. The third kappa shape index (κ3) is 2.15. The van der Waals surface area contributed by atoms with E-state index in [0.29, 0.717) is 5.65 Å². The van der Waals surface area contributed by atoms with Gasteiger partial charge in [0.15, 0.2) is 10.4 Å². The summed E-state index contributed by atoms with van der Waals surface area (Å²) >= 11 is 0. The lowest BCUT2D eigenvalue weighted by Crippen LogP contribution is -2.24. The molecule has 2 aromatic heterocycles. The van der Waals surface area contributed by atoms with Gasteiger partial charge in [-0.25, -0.2) is 13.4 Å². The molecule has 3 aromatic rings. The van der Waals surface area contributed by atoms with Crippen LogP contribution >= 0.6 is 0 Å². The number of benzene rings is 1. The zero-order valence-corrected chi connectivity index (χ0v) is 12.7. The quantitative estimate of drug-likeness (QED) is 0.771. The minimum atomic E-state index is -3.81. The maximum absolute atomic E-state index is 12.9. The van der Waals surface area contributed by atoms with Gasteiger partial charge in [0.2, 0.25) is 9.84 Å². The molecule has 0 atom stereocenters. The summed E-state index contributed by atoms with van der Waals surface area (Å²) < 4.78 is 27.3. The highest BCUT2D eigenvalue weighted by Crippen LogP contribution is 2.22. The summed E-state index contributed by atoms with van der Waals surface area (Å²) in [5.74, 6) is 0.0926. The molecule has 6 nitrogen and oxygen atoms in total. The van der Waals surface area contributed by atoms with Crippen LogP contribution in [0.3, 0.4) is 0 Å². The molecule has 0 amide bonds. The molecule has 2 N–H and O–H groups in total. The Bertz CT molecular complexity index is 1010. The molecule has 0 unspecified atom stereocenters. The van der Waals surface area contributed by atoms with Gasteiger partial charge >= 0.3 is 0 Å². The highest BCUT2D eigenvalue weighted by atomic mass is 32.2. The third-order valence-electron chi connectivity index (χ3n) is 3.29. The van der Waals surface area contributed by atoms with Gasteiger partial charge in [-0.2, -0.15) is 0 Å². The molecule has 0 spiro atoms. The monoisotopic (exact) mass is 314 g/mol. The SMILES string of the molecule is CN=c1nc2ccccn2c(N)c1S(=O)(=O)c1ccccc1. The molecule has 0 radical (unpaired) electrons. The Kier molecular flexibility index (Phi) is 3.42. The van der Waals surface area contributed by atoms with Crippen molar-refractivity contribution in [3.63, 3.8) is 0 Å². The van der Waals surface area contributed by atoms with Gasteiger partial charge in [0, 0.05) is 13.2 Å². The summed E-state index contributed by atoms with van der Waals surface area (Å²) in [7, 11) is -2.31. The first-order valence-electron chi connectivity index (χ1n) is 6.55. The fourth-order valence-electron chi connectivity index (χ4n) is 2.24. The zero-order valence-electron chi connectivity index (χ0n) is 11.8. The van der Waals surface area contributed by atoms with Gasteiger partial charge in [-0.1, -0.05) is 24.3 Å². The molecule has 112 valence electrons. The number of fused-ring (bicyclic) bond motifs is 1. The average Bonchev–Trinajstić information content (AvgIpc) is 2.55. The van der Waals surface area contributed by atoms with Crippen LogP contribution in [0.25, 0.3) is 5.65 Å². The minimum absolute atomic E-state index is 0.0788. The van der Waals surface area contributed by atoms with Crippen LogP contribution in [0.15, 0.2) is 69.5 Å². The summed E-state index contributed by atoms with van der Waals surface area (Å²) in [6, 6.07) is 13.4. The molecular formula is C15H14N4O2S. The Balaban J connectivity index is 2.43. The van der Waals surface area contributed by atoms with E-state index in [4.69, 9.17) is 5.73 Å². The zero-order chi connectivity index (χ0) is 15.7. The standard InChI is InChI=1S/C15H14N4O2S/c1-17-15-13(22(20,21)11-7-3-2-4-8-11)14(16)19-10-6-5-9-12(19)18-15/h2-10H,16H2,1H3. The van der Waals surface area contributed by atoms with E-state index < -0.39 is 9.84 Å². The van der Waals surface area contributed by atoms with E-state index in [1.165, 1.54) is 23.6 Å². The lowest BCUT2D eigenvalue weighted by Gasteiger charge is -2.11. The second-order valence-corrected chi connectivity index (χ2v) is 6.51. The molecule has 2 heterocycles. The number of aromatic nitrogens is 2. The predicted molar refractivity (Wildman–Crippen MR) is 83.0 cm³/mol. The number of pyridine rings is 1. The Labute approximate surface area is 127 Å². The van der Waals surface area contributed by atoms with Crippen LogP contribution in [0.5, 0.6) is 0 Å². The van der Waals surface area contributed by atoms with E-state index in [9.17, 15) is 8.42 Å². The summed E-state index contributed by atoms with van der Waals surface area (Å²) in [6.07, 6.45) is 1.67. The van der Waals surface area contributed by atoms with Crippen molar-refractivity contribution in [2.45, 2.75) is 9.79 Å². The van der Waals surface area contributed by atoms with Crippen LogP contribution in [-0.2, 0) is 9.84 Å². The van der Waals surface area contributed by atoms with Gasteiger partial charge in [-0.15, -0.1) is 0 Å². The fraction of sp³-hybridized carbons (Fsp3) is 0.0667. The first kappa shape index (κ1) is 14.3. The van der Waals surface area contributed by atoms with E-state index in [1.807, 2.05) is 0 Å². The highest BCUT2D eigenvalue weighted by molar-refractivity contribution is 7.91. The molecule has 0 aliphatic heterocycles. The molecule has 0 aliphatic carbocycles. The molecule has 0 saturated carbocycles. The molecular weight excluding hydrogens is 300 g/mol. The van der Waals surface area contributed by atoms with Crippen LogP contribution in [-0.4, -0.2) is 24.9 Å². The number of nitrogen functional groups attached to an aromatic ring is 1. The van der Waals surface area contributed by atoms with Crippen molar-refractivity contribution in [1.82, 2.24) is 9.38 Å². The van der Waals surface area contributed by atoms with Crippen molar-refractivity contribution in [3.8, 4) is 0 Å². The van der Waals surface area contributed by atoms with Gasteiger partial charge in [0.1, 0.15) is 11.5 Å². The van der Waals surface area contributed by atoms with Crippen molar-refractivity contribution in [3.05, 3.63) is 60.2 Å². The van der Waals surface area contributed by atoms with Crippen molar-refractivity contribution in [2.24, 2.45) is 4.99 Å². The first-order chi connectivity index (χ1) is 10.6. The molecule has 7 heteroatoms. The normalized spacial score (nSPS) is 12.7. The van der Waals surface area contributed by atoms with Crippen LogP contribution in [0.1, 0.15) is 0 Å². The largest absolute Gasteiger partial charge is 0.384 e. The summed E-state index contributed by atoms with van der Waals surface area (Å²) in [5.41, 5.74) is 6.74. The fourth-order valence-corrected chi connectivity index (χ4v) is 3.74. The molecule has 0 bridgehead atoms. The van der Waals surface area contributed by atoms with E-state index in [-0.39, 0.29) is 21.1 Å².